The van der Waals surface area contributed by atoms with E-state index in [9.17, 15) is 14.9 Å². The van der Waals surface area contributed by atoms with Gasteiger partial charge in [-0.1, -0.05) is 18.2 Å². The van der Waals surface area contributed by atoms with E-state index in [1.807, 2.05) is 30.3 Å². The molecule has 0 atom stereocenters. The average molecular weight is 384 g/mol. The molecule has 0 spiro atoms. The lowest BCUT2D eigenvalue weighted by atomic mass is 10.1. The van der Waals surface area contributed by atoms with Crippen LogP contribution in [-0.4, -0.2) is 15.8 Å². The molecule has 2 N–H and O–H groups in total. The number of nitrogens with one attached hydrogen (secondary N) is 2. The fourth-order valence-electron chi connectivity index (χ4n) is 2.94. The fraction of sp³-hybridized carbons (Fsp3) is 0. The van der Waals surface area contributed by atoms with Crippen LogP contribution in [0, 0.1) is 10.1 Å². The van der Waals surface area contributed by atoms with Gasteiger partial charge in [-0.25, -0.2) is 0 Å². The Labute approximate surface area is 166 Å². The minimum Gasteiger partial charge on any atom is -0.355 e. The zero-order valence-corrected chi connectivity index (χ0v) is 15.2. The number of non-ortho nitro benzene ring substituents is 1. The Balaban J connectivity index is 1.55. The second-order valence-electron chi connectivity index (χ2n) is 6.34. The van der Waals surface area contributed by atoms with Crippen molar-refractivity contribution in [3.8, 4) is 0 Å². The molecular formula is C22H16N4O3. The highest BCUT2D eigenvalue weighted by molar-refractivity contribution is 6.04. The molecule has 0 aliphatic rings. The Hall–Kier alpha value is -4.26. The third-order valence-electron chi connectivity index (χ3n) is 4.39. The monoisotopic (exact) mass is 384 g/mol. The van der Waals surface area contributed by atoms with Gasteiger partial charge in [-0.3, -0.25) is 19.9 Å². The number of carbonyl (C=O) groups excluding carboxylic acids is 1. The minimum absolute atomic E-state index is 0.00137. The molecule has 142 valence electrons. The van der Waals surface area contributed by atoms with Gasteiger partial charge in [-0.05, 0) is 48.5 Å². The number of aromatic nitrogens is 1. The summed E-state index contributed by atoms with van der Waals surface area (Å²) in [4.78, 5) is 27.2. The zero-order chi connectivity index (χ0) is 20.2. The Kier molecular flexibility index (Phi) is 4.86. The summed E-state index contributed by atoms with van der Waals surface area (Å²) in [5, 5.41) is 17.8. The molecule has 0 aliphatic carbocycles. The van der Waals surface area contributed by atoms with Crippen LogP contribution in [0.4, 0.5) is 22.7 Å². The van der Waals surface area contributed by atoms with Gasteiger partial charge in [0.25, 0.3) is 11.6 Å². The Bertz CT molecular complexity index is 1190. The molecule has 0 bridgehead atoms. The van der Waals surface area contributed by atoms with Gasteiger partial charge in [-0.2, -0.15) is 0 Å². The molecule has 1 heterocycles. The maximum atomic E-state index is 12.4. The maximum absolute atomic E-state index is 12.4. The first-order valence-corrected chi connectivity index (χ1v) is 8.87. The molecule has 0 unspecified atom stereocenters. The summed E-state index contributed by atoms with van der Waals surface area (Å²) in [5.41, 5.74) is 3.35. The third kappa shape index (κ3) is 4.03. The van der Waals surface area contributed by atoms with Gasteiger partial charge in [0.05, 0.1) is 10.4 Å². The molecule has 3 aromatic carbocycles. The van der Waals surface area contributed by atoms with Crippen LogP contribution >= 0.6 is 0 Å². The molecule has 1 amide bonds. The van der Waals surface area contributed by atoms with Crippen LogP contribution in [0.5, 0.6) is 0 Å². The van der Waals surface area contributed by atoms with Crippen molar-refractivity contribution in [2.24, 2.45) is 0 Å². The molecule has 4 aromatic rings. The lowest BCUT2D eigenvalue weighted by Gasteiger charge is -2.10. The number of benzene rings is 3. The largest absolute Gasteiger partial charge is 0.355 e. The predicted octanol–water partition coefficient (Wildman–Crippen LogP) is 5.14. The SMILES string of the molecule is O=C(Nc1ccccc1)c1ccc(Nc2ccnc3ccc([N+](=O)[O-])cc23)cc1. The van der Waals surface area contributed by atoms with Gasteiger partial charge in [0.15, 0.2) is 0 Å². The van der Waals surface area contributed by atoms with Crippen molar-refractivity contribution >= 4 is 39.6 Å². The van der Waals surface area contributed by atoms with Gasteiger partial charge in [0.2, 0.25) is 0 Å². The molecule has 0 saturated carbocycles. The molecule has 4 rings (SSSR count). The number of hydrogen-bond acceptors (Lipinski definition) is 5. The van der Waals surface area contributed by atoms with Gasteiger partial charge in [0, 0.05) is 46.3 Å². The molecule has 0 aliphatic heterocycles. The second-order valence-corrected chi connectivity index (χ2v) is 6.34. The predicted molar refractivity (Wildman–Crippen MR) is 113 cm³/mol. The average Bonchev–Trinajstić information content (AvgIpc) is 2.75. The van der Waals surface area contributed by atoms with Gasteiger partial charge in [0.1, 0.15) is 0 Å². The number of rotatable bonds is 5. The smallest absolute Gasteiger partial charge is 0.270 e. The normalized spacial score (nSPS) is 10.5. The van der Waals surface area contributed by atoms with Crippen LogP contribution in [0.15, 0.2) is 85.1 Å². The minimum atomic E-state index is -0.434. The summed E-state index contributed by atoms with van der Waals surface area (Å²) in [5.74, 6) is -0.201. The third-order valence-corrected chi connectivity index (χ3v) is 4.39. The number of nitro groups is 1. The highest BCUT2D eigenvalue weighted by atomic mass is 16.6. The number of anilines is 3. The van der Waals surface area contributed by atoms with Gasteiger partial charge < -0.3 is 10.6 Å². The lowest BCUT2D eigenvalue weighted by molar-refractivity contribution is -0.384. The Morgan fingerprint density at radius 2 is 1.66 bits per heavy atom. The van der Waals surface area contributed by atoms with Crippen LogP contribution in [0.3, 0.4) is 0 Å². The van der Waals surface area contributed by atoms with Crippen molar-refractivity contribution < 1.29 is 9.72 Å². The van der Waals surface area contributed by atoms with E-state index >= 15 is 0 Å². The number of carbonyl (C=O) groups is 1. The molecule has 1 aromatic heterocycles. The highest BCUT2D eigenvalue weighted by Crippen LogP contribution is 2.28. The Morgan fingerprint density at radius 1 is 0.897 bits per heavy atom. The van der Waals surface area contributed by atoms with Crippen LogP contribution in [0.1, 0.15) is 10.4 Å². The number of pyridine rings is 1. The summed E-state index contributed by atoms with van der Waals surface area (Å²) < 4.78 is 0. The maximum Gasteiger partial charge on any atom is 0.270 e. The molecule has 29 heavy (non-hydrogen) atoms. The number of nitrogens with zero attached hydrogens (tertiary/aromatic N) is 2. The van der Waals surface area contributed by atoms with Crippen LogP contribution in [-0.2, 0) is 0 Å². The van der Waals surface area contributed by atoms with E-state index in [2.05, 4.69) is 15.6 Å². The zero-order valence-electron chi connectivity index (χ0n) is 15.2. The van der Waals surface area contributed by atoms with E-state index in [-0.39, 0.29) is 11.6 Å². The summed E-state index contributed by atoms with van der Waals surface area (Å²) in [6.45, 7) is 0. The van der Waals surface area contributed by atoms with Crippen LogP contribution in [0.25, 0.3) is 10.9 Å². The van der Waals surface area contributed by atoms with Crippen LogP contribution in [0.2, 0.25) is 0 Å². The first kappa shape index (κ1) is 18.1. The van der Waals surface area contributed by atoms with E-state index in [1.54, 1.807) is 42.6 Å². The number of hydrogen-bond donors (Lipinski definition) is 2. The summed E-state index contributed by atoms with van der Waals surface area (Å²) >= 11 is 0. The lowest BCUT2D eigenvalue weighted by Crippen LogP contribution is -2.11. The van der Waals surface area contributed by atoms with Gasteiger partial charge in [-0.15, -0.1) is 0 Å². The molecular weight excluding hydrogens is 368 g/mol. The van der Waals surface area contributed by atoms with E-state index in [4.69, 9.17) is 0 Å². The summed E-state index contributed by atoms with van der Waals surface area (Å²) in [7, 11) is 0. The van der Waals surface area contributed by atoms with Crippen LogP contribution < -0.4 is 10.6 Å². The molecule has 0 fully saturated rings. The topological polar surface area (TPSA) is 97.2 Å². The molecule has 7 nitrogen and oxygen atoms in total. The van der Waals surface area contributed by atoms with Crippen molar-refractivity contribution in [1.29, 1.82) is 0 Å². The van der Waals surface area contributed by atoms with E-state index in [0.717, 1.165) is 11.4 Å². The fourth-order valence-corrected chi connectivity index (χ4v) is 2.94. The van der Waals surface area contributed by atoms with Crippen molar-refractivity contribution in [1.82, 2.24) is 4.98 Å². The van der Waals surface area contributed by atoms with Crippen molar-refractivity contribution in [2.45, 2.75) is 0 Å². The van der Waals surface area contributed by atoms with E-state index < -0.39 is 4.92 Å². The summed E-state index contributed by atoms with van der Waals surface area (Å²) in [6, 6.07) is 22.5. The van der Waals surface area contributed by atoms with Gasteiger partial charge >= 0.3 is 0 Å². The molecule has 0 saturated heterocycles. The first-order chi connectivity index (χ1) is 14.1. The molecule has 7 heteroatoms. The first-order valence-electron chi connectivity index (χ1n) is 8.87. The number of para-hydroxylation sites is 1. The van der Waals surface area contributed by atoms with E-state index in [1.165, 1.54) is 12.1 Å². The number of fused-ring (bicyclic) bond motifs is 1. The Morgan fingerprint density at radius 3 is 2.38 bits per heavy atom. The highest BCUT2D eigenvalue weighted by Gasteiger charge is 2.10. The van der Waals surface area contributed by atoms with Crippen molar-refractivity contribution in [3.05, 3.63) is 101 Å². The van der Waals surface area contributed by atoms with Crippen molar-refractivity contribution in [3.63, 3.8) is 0 Å². The number of amides is 1. The second kappa shape index (κ2) is 7.77. The summed E-state index contributed by atoms with van der Waals surface area (Å²) in [6.07, 6.45) is 1.64. The van der Waals surface area contributed by atoms with E-state index in [0.29, 0.717) is 22.2 Å². The quantitative estimate of drug-likeness (QED) is 0.367. The molecule has 0 radical (unpaired) electrons. The standard InChI is InChI=1S/C22H16N4O3/c27-22(25-16-4-2-1-3-5-16)15-6-8-17(9-7-15)24-21-12-13-23-20-11-10-18(26(28)29)14-19(20)21/h1-14H,(H,23,24)(H,25,27). The number of nitro benzene ring substituents is 1. The van der Waals surface area contributed by atoms with Crippen molar-refractivity contribution in [2.75, 3.05) is 10.6 Å².